The summed E-state index contributed by atoms with van der Waals surface area (Å²) >= 11 is 1.41. The highest BCUT2D eigenvalue weighted by Gasteiger charge is 2.33. The molecule has 0 N–H and O–H groups in total. The summed E-state index contributed by atoms with van der Waals surface area (Å²) in [5, 5.41) is 0.549. The lowest BCUT2D eigenvalue weighted by Gasteiger charge is -2.26. The summed E-state index contributed by atoms with van der Waals surface area (Å²) < 4.78 is 6.60. The number of likely N-dealkylation sites (tertiary alicyclic amines) is 1. The highest BCUT2D eigenvalue weighted by molar-refractivity contribution is 7.22. The molecule has 0 radical (unpaired) electrons. The molecule has 8 nitrogen and oxygen atoms in total. The van der Waals surface area contributed by atoms with Gasteiger partial charge in [-0.25, -0.2) is 4.98 Å². The number of carbonyl (C=O) groups excluding carboxylic acids is 3. The predicted molar refractivity (Wildman–Crippen MR) is 124 cm³/mol. The van der Waals surface area contributed by atoms with E-state index in [0.29, 0.717) is 36.1 Å². The van der Waals surface area contributed by atoms with Crippen molar-refractivity contribution >= 4 is 56.8 Å². The number of rotatable bonds is 10. The number of halogens is 1. The van der Waals surface area contributed by atoms with Gasteiger partial charge in [-0.2, -0.15) is 0 Å². The van der Waals surface area contributed by atoms with Crippen LogP contribution in [0, 0.1) is 0 Å². The average Bonchev–Trinajstić information content (AvgIpc) is 3.30. The number of thiazole rings is 1. The smallest absolute Gasteiger partial charge is 0.248 e. The number of carbonyl (C=O) groups is 3. The lowest BCUT2D eigenvalue weighted by molar-refractivity contribution is -0.141. The zero-order valence-corrected chi connectivity index (χ0v) is 19.8. The third-order valence-corrected chi connectivity index (χ3v) is 6.23. The van der Waals surface area contributed by atoms with Crippen molar-refractivity contribution in [1.29, 1.82) is 0 Å². The van der Waals surface area contributed by atoms with Gasteiger partial charge in [0.1, 0.15) is 17.8 Å². The molecule has 0 atom stereocenters. The molecule has 0 saturated carbocycles. The van der Waals surface area contributed by atoms with E-state index < -0.39 is 0 Å². The standard InChI is InChI=1S/C21H28N4O4S.ClH/c1-4-23(5-2)12-13-24(19(28)14-25-17(26)10-11-18(25)27)21-22-20-15(29-6-3)8-7-9-16(20)30-21;/h7-9H,4-6,10-14H2,1-3H3;1H. The second kappa shape index (κ2) is 11.4. The SMILES string of the molecule is CCOc1cccc2sc(N(CCN(CC)CC)C(=O)CN3C(=O)CCC3=O)nc12.Cl. The number of imide groups is 1. The maximum absolute atomic E-state index is 13.2. The molecule has 170 valence electrons. The number of hydrogen-bond donors (Lipinski definition) is 0. The molecule has 10 heteroatoms. The minimum Gasteiger partial charge on any atom is -0.492 e. The van der Waals surface area contributed by atoms with E-state index in [1.54, 1.807) is 4.90 Å². The van der Waals surface area contributed by atoms with Gasteiger partial charge in [0, 0.05) is 25.9 Å². The van der Waals surface area contributed by atoms with Crippen molar-refractivity contribution < 1.29 is 19.1 Å². The van der Waals surface area contributed by atoms with E-state index >= 15 is 0 Å². The highest BCUT2D eigenvalue weighted by Crippen LogP contribution is 2.34. The van der Waals surface area contributed by atoms with Gasteiger partial charge in [-0.1, -0.05) is 31.3 Å². The normalized spacial score (nSPS) is 13.7. The summed E-state index contributed by atoms with van der Waals surface area (Å²) in [7, 11) is 0. The molecule has 2 aromatic rings. The van der Waals surface area contributed by atoms with Gasteiger partial charge in [0.05, 0.1) is 11.3 Å². The second-order valence-corrected chi connectivity index (χ2v) is 7.99. The molecule has 3 rings (SSSR count). The number of aromatic nitrogens is 1. The van der Waals surface area contributed by atoms with Gasteiger partial charge >= 0.3 is 0 Å². The molecule has 1 saturated heterocycles. The Kier molecular flexibility index (Phi) is 9.21. The quantitative estimate of drug-likeness (QED) is 0.498. The summed E-state index contributed by atoms with van der Waals surface area (Å²) in [4.78, 5) is 46.7. The van der Waals surface area contributed by atoms with Crippen LogP contribution in [0.5, 0.6) is 5.75 Å². The van der Waals surface area contributed by atoms with Crippen LogP contribution in [-0.2, 0) is 14.4 Å². The van der Waals surface area contributed by atoms with E-state index in [2.05, 4.69) is 23.7 Å². The fourth-order valence-corrected chi connectivity index (χ4v) is 4.45. The molecule has 1 aliphatic rings. The Morgan fingerprint density at radius 3 is 2.42 bits per heavy atom. The Labute approximate surface area is 192 Å². The molecule has 31 heavy (non-hydrogen) atoms. The van der Waals surface area contributed by atoms with Gasteiger partial charge < -0.3 is 9.64 Å². The lowest BCUT2D eigenvalue weighted by atomic mass is 10.3. The first-order valence-electron chi connectivity index (χ1n) is 10.4. The molecule has 3 amide bonds. The molecule has 1 aromatic carbocycles. The second-order valence-electron chi connectivity index (χ2n) is 6.98. The minimum atomic E-state index is -0.303. The molecule has 1 aliphatic heterocycles. The van der Waals surface area contributed by atoms with E-state index in [1.165, 1.54) is 11.3 Å². The Morgan fingerprint density at radius 2 is 1.81 bits per heavy atom. The molecule has 1 aromatic heterocycles. The van der Waals surface area contributed by atoms with Crippen LogP contribution >= 0.6 is 23.7 Å². The van der Waals surface area contributed by atoms with E-state index in [-0.39, 0.29) is 49.5 Å². The number of para-hydroxylation sites is 1. The van der Waals surface area contributed by atoms with Crippen molar-refractivity contribution in [2.24, 2.45) is 0 Å². The van der Waals surface area contributed by atoms with Crippen molar-refractivity contribution in [2.45, 2.75) is 33.6 Å². The Balaban J connectivity index is 0.00000341. The first-order valence-corrected chi connectivity index (χ1v) is 11.2. The zero-order valence-electron chi connectivity index (χ0n) is 18.1. The van der Waals surface area contributed by atoms with Crippen LogP contribution in [0.1, 0.15) is 33.6 Å². The first-order chi connectivity index (χ1) is 14.5. The fourth-order valence-electron chi connectivity index (χ4n) is 3.43. The summed E-state index contributed by atoms with van der Waals surface area (Å²) in [5.74, 6) is -0.207. The van der Waals surface area contributed by atoms with Crippen molar-refractivity contribution in [2.75, 3.05) is 44.2 Å². The van der Waals surface area contributed by atoms with Crippen LogP contribution < -0.4 is 9.64 Å². The van der Waals surface area contributed by atoms with Crippen molar-refractivity contribution in [3.8, 4) is 5.75 Å². The maximum Gasteiger partial charge on any atom is 0.248 e. The number of benzene rings is 1. The maximum atomic E-state index is 13.2. The van der Waals surface area contributed by atoms with Crippen LogP contribution in [0.15, 0.2) is 18.2 Å². The largest absolute Gasteiger partial charge is 0.492 e. The summed E-state index contributed by atoms with van der Waals surface area (Å²) in [6.07, 6.45) is 0.342. The number of ether oxygens (including phenoxy) is 1. The third kappa shape index (κ3) is 5.72. The molecule has 0 aliphatic carbocycles. The van der Waals surface area contributed by atoms with Crippen molar-refractivity contribution in [3.05, 3.63) is 18.2 Å². The highest BCUT2D eigenvalue weighted by atomic mass is 35.5. The average molecular weight is 469 g/mol. The van der Waals surface area contributed by atoms with Gasteiger partial charge in [-0.3, -0.25) is 24.2 Å². The zero-order chi connectivity index (χ0) is 21.7. The first kappa shape index (κ1) is 25.0. The van der Waals surface area contributed by atoms with Gasteiger partial charge in [0.15, 0.2) is 5.13 Å². The number of nitrogens with zero attached hydrogens (tertiary/aromatic N) is 4. The van der Waals surface area contributed by atoms with Crippen LogP contribution in [0.3, 0.4) is 0 Å². The van der Waals surface area contributed by atoms with Crippen molar-refractivity contribution in [1.82, 2.24) is 14.8 Å². The number of hydrogen-bond acceptors (Lipinski definition) is 7. The lowest BCUT2D eigenvalue weighted by Crippen LogP contribution is -2.45. The number of likely N-dealkylation sites (N-methyl/N-ethyl adjacent to an activating group) is 1. The molecule has 2 heterocycles. The topological polar surface area (TPSA) is 83.0 Å². The molecule has 0 unspecified atom stereocenters. The van der Waals surface area contributed by atoms with E-state index in [4.69, 9.17) is 4.74 Å². The van der Waals surface area contributed by atoms with E-state index in [0.717, 1.165) is 22.7 Å². The summed E-state index contributed by atoms with van der Waals surface area (Å²) in [5.41, 5.74) is 0.716. The van der Waals surface area contributed by atoms with E-state index in [9.17, 15) is 14.4 Å². The Hall–Kier alpha value is -2.23. The predicted octanol–water partition coefficient (Wildman–Crippen LogP) is 2.94. The minimum absolute atomic E-state index is 0. The van der Waals surface area contributed by atoms with Crippen LogP contribution in [0.25, 0.3) is 10.2 Å². The van der Waals surface area contributed by atoms with E-state index in [1.807, 2.05) is 25.1 Å². The third-order valence-electron chi connectivity index (χ3n) is 5.18. The molecule has 0 bridgehead atoms. The Morgan fingerprint density at radius 1 is 1.13 bits per heavy atom. The Bertz CT molecular complexity index is 915. The molecular weight excluding hydrogens is 440 g/mol. The van der Waals surface area contributed by atoms with Gasteiger partial charge in [-0.05, 0) is 32.1 Å². The van der Waals surface area contributed by atoms with Crippen molar-refractivity contribution in [3.63, 3.8) is 0 Å². The number of anilines is 1. The number of fused-ring (bicyclic) bond motifs is 1. The van der Waals surface area contributed by atoms with Gasteiger partial charge in [0.2, 0.25) is 17.7 Å². The summed E-state index contributed by atoms with van der Waals surface area (Å²) in [6.45, 7) is 9.18. The molecular formula is C21H29ClN4O4S. The van der Waals surface area contributed by atoms with Crippen LogP contribution in [-0.4, -0.2) is 71.8 Å². The van der Waals surface area contributed by atoms with Crippen LogP contribution in [0.2, 0.25) is 0 Å². The van der Waals surface area contributed by atoms with Gasteiger partial charge in [-0.15, -0.1) is 12.4 Å². The monoisotopic (exact) mass is 468 g/mol. The van der Waals surface area contributed by atoms with Gasteiger partial charge in [0.25, 0.3) is 0 Å². The molecule has 0 spiro atoms. The number of amides is 3. The molecule has 1 fully saturated rings. The summed E-state index contributed by atoms with van der Waals surface area (Å²) in [6, 6.07) is 5.71. The fraction of sp³-hybridized carbons (Fsp3) is 0.524. The van der Waals surface area contributed by atoms with Crippen LogP contribution in [0.4, 0.5) is 5.13 Å².